The van der Waals surface area contributed by atoms with Gasteiger partial charge in [-0.05, 0) is 19.3 Å². The van der Waals surface area contributed by atoms with E-state index in [0.29, 0.717) is 6.42 Å². The normalized spacial score (nSPS) is 19.4. The molecule has 1 aromatic heterocycles. The van der Waals surface area contributed by atoms with E-state index >= 15 is 0 Å². The molecule has 1 heterocycles. The lowest BCUT2D eigenvalue weighted by Crippen LogP contribution is -2.46. The van der Waals surface area contributed by atoms with Crippen LogP contribution < -0.4 is 5.73 Å². The first kappa shape index (κ1) is 15.3. The number of hydrogen-bond donors (Lipinski definition) is 1. The first-order valence-electron chi connectivity index (χ1n) is 6.88. The third-order valence-corrected chi connectivity index (χ3v) is 3.68. The van der Waals surface area contributed by atoms with Gasteiger partial charge in [-0.15, -0.1) is 0 Å². The van der Waals surface area contributed by atoms with E-state index in [1.165, 1.54) is 4.90 Å². The van der Waals surface area contributed by atoms with Gasteiger partial charge >= 0.3 is 6.18 Å². The molecule has 20 heavy (non-hydrogen) atoms. The summed E-state index contributed by atoms with van der Waals surface area (Å²) in [6, 6.07) is -0.774. The van der Waals surface area contributed by atoms with Crippen molar-refractivity contribution in [2.45, 2.75) is 50.5 Å². The molecule has 0 aromatic carbocycles. The maximum Gasteiger partial charge on any atom is 0.401 e. The Hall–Kier alpha value is -1.08. The van der Waals surface area contributed by atoms with Crippen molar-refractivity contribution in [1.29, 1.82) is 0 Å². The van der Waals surface area contributed by atoms with Crippen LogP contribution in [0.25, 0.3) is 0 Å². The van der Waals surface area contributed by atoms with Gasteiger partial charge in [-0.2, -0.15) is 18.3 Å². The molecule has 2 atom stereocenters. The Morgan fingerprint density at radius 2 is 2.15 bits per heavy atom. The van der Waals surface area contributed by atoms with Crippen LogP contribution in [-0.4, -0.2) is 39.5 Å². The molecule has 1 saturated carbocycles. The smallest absolute Gasteiger partial charge is 0.326 e. The van der Waals surface area contributed by atoms with Gasteiger partial charge in [0.25, 0.3) is 0 Å². The minimum Gasteiger partial charge on any atom is -0.326 e. The van der Waals surface area contributed by atoms with E-state index in [4.69, 9.17) is 5.73 Å². The van der Waals surface area contributed by atoms with Crippen LogP contribution in [0.15, 0.2) is 12.4 Å². The molecule has 1 aliphatic rings. The second kappa shape index (κ2) is 5.73. The summed E-state index contributed by atoms with van der Waals surface area (Å²) in [6.45, 7) is 0.984. The molecule has 2 N–H and O–H groups in total. The Morgan fingerprint density at radius 3 is 2.55 bits per heavy atom. The molecule has 0 spiro atoms. The van der Waals surface area contributed by atoms with Gasteiger partial charge in [0.05, 0.1) is 18.8 Å². The van der Waals surface area contributed by atoms with E-state index in [0.717, 1.165) is 18.4 Å². The van der Waals surface area contributed by atoms with Crippen LogP contribution in [0, 0.1) is 0 Å². The maximum absolute atomic E-state index is 12.8. The van der Waals surface area contributed by atoms with Gasteiger partial charge in [0.1, 0.15) is 0 Å². The summed E-state index contributed by atoms with van der Waals surface area (Å²) in [4.78, 5) is 1.51. The first-order valence-corrected chi connectivity index (χ1v) is 6.88. The highest BCUT2D eigenvalue weighted by Gasteiger charge is 2.43. The average Bonchev–Trinajstić information content (AvgIpc) is 3.10. The Bertz CT molecular complexity index is 439. The van der Waals surface area contributed by atoms with Crippen molar-refractivity contribution in [1.82, 2.24) is 14.7 Å². The Balaban J connectivity index is 2.27. The van der Waals surface area contributed by atoms with Crippen molar-refractivity contribution in [3.8, 4) is 0 Å². The lowest BCUT2D eigenvalue weighted by Gasteiger charge is -2.35. The van der Waals surface area contributed by atoms with Crippen molar-refractivity contribution in [2.24, 2.45) is 12.8 Å². The number of aromatic nitrogens is 2. The molecule has 7 heteroatoms. The number of hydrogen-bond acceptors (Lipinski definition) is 3. The average molecular weight is 290 g/mol. The molecule has 1 fully saturated rings. The number of aryl methyl sites for hydroxylation is 1. The SMILES string of the molecule is CCC(N)C(c1cnn(C)c1)N(CC(F)(F)F)C1CC1. The predicted octanol–water partition coefficient (Wildman–Crippen LogP) is 2.23. The second-order valence-corrected chi connectivity index (χ2v) is 5.48. The van der Waals surface area contributed by atoms with Crippen molar-refractivity contribution >= 4 is 0 Å². The summed E-state index contributed by atoms with van der Waals surface area (Å²) < 4.78 is 40.1. The van der Waals surface area contributed by atoms with Gasteiger partial charge in [0.15, 0.2) is 0 Å². The summed E-state index contributed by atoms with van der Waals surface area (Å²) in [5.74, 6) is 0. The van der Waals surface area contributed by atoms with Crippen molar-refractivity contribution in [2.75, 3.05) is 6.54 Å². The minimum atomic E-state index is -4.21. The molecule has 0 bridgehead atoms. The summed E-state index contributed by atoms with van der Waals surface area (Å²) in [6.07, 6.45) is 1.40. The van der Waals surface area contributed by atoms with E-state index in [2.05, 4.69) is 5.10 Å². The fourth-order valence-corrected chi connectivity index (χ4v) is 2.57. The largest absolute Gasteiger partial charge is 0.401 e. The zero-order valence-electron chi connectivity index (χ0n) is 11.8. The molecule has 4 nitrogen and oxygen atoms in total. The van der Waals surface area contributed by atoms with Gasteiger partial charge in [-0.1, -0.05) is 6.92 Å². The summed E-state index contributed by atoms with van der Waals surface area (Å²) in [5.41, 5.74) is 6.86. The topological polar surface area (TPSA) is 47.1 Å². The highest BCUT2D eigenvalue weighted by Crippen LogP contribution is 2.38. The first-order chi connectivity index (χ1) is 9.31. The maximum atomic E-state index is 12.8. The summed E-state index contributed by atoms with van der Waals surface area (Å²) in [5, 5.41) is 4.07. The second-order valence-electron chi connectivity index (χ2n) is 5.48. The predicted molar refractivity (Wildman–Crippen MR) is 70.0 cm³/mol. The standard InChI is InChI=1S/C13H21F3N4/c1-3-11(17)12(9-6-18-19(2)7-9)20(10-4-5-10)8-13(14,15)16/h6-7,10-12H,3-5,8,17H2,1-2H3. The van der Waals surface area contributed by atoms with Gasteiger partial charge in [0, 0.05) is 30.9 Å². The van der Waals surface area contributed by atoms with Crippen LogP contribution in [0.3, 0.4) is 0 Å². The van der Waals surface area contributed by atoms with Crippen LogP contribution in [0.1, 0.15) is 37.8 Å². The highest BCUT2D eigenvalue weighted by molar-refractivity contribution is 5.15. The van der Waals surface area contributed by atoms with E-state index < -0.39 is 18.8 Å². The monoisotopic (exact) mass is 290 g/mol. The Kier molecular flexibility index (Phi) is 4.39. The number of alkyl halides is 3. The third-order valence-electron chi connectivity index (χ3n) is 3.68. The molecular formula is C13H21F3N4. The fraction of sp³-hybridized carbons (Fsp3) is 0.769. The molecule has 2 unspecified atom stereocenters. The van der Waals surface area contributed by atoms with E-state index in [1.807, 2.05) is 6.92 Å². The van der Waals surface area contributed by atoms with Crippen LogP contribution >= 0.6 is 0 Å². The molecule has 0 radical (unpaired) electrons. The summed E-state index contributed by atoms with van der Waals surface area (Å²) in [7, 11) is 1.75. The molecule has 114 valence electrons. The van der Waals surface area contributed by atoms with E-state index in [1.54, 1.807) is 24.1 Å². The minimum absolute atomic E-state index is 0.0144. The molecule has 1 aromatic rings. The number of halogens is 3. The van der Waals surface area contributed by atoms with Crippen LogP contribution in [0.2, 0.25) is 0 Å². The highest BCUT2D eigenvalue weighted by atomic mass is 19.4. The Morgan fingerprint density at radius 1 is 1.50 bits per heavy atom. The number of rotatable bonds is 6. The molecule has 2 rings (SSSR count). The van der Waals surface area contributed by atoms with Crippen molar-refractivity contribution in [3.63, 3.8) is 0 Å². The van der Waals surface area contributed by atoms with E-state index in [-0.39, 0.29) is 12.1 Å². The number of nitrogens with zero attached hydrogens (tertiary/aromatic N) is 3. The summed E-state index contributed by atoms with van der Waals surface area (Å²) >= 11 is 0. The van der Waals surface area contributed by atoms with Gasteiger partial charge < -0.3 is 5.73 Å². The lowest BCUT2D eigenvalue weighted by molar-refractivity contribution is -0.153. The van der Waals surface area contributed by atoms with Gasteiger partial charge in [-0.3, -0.25) is 9.58 Å². The molecular weight excluding hydrogens is 269 g/mol. The molecule has 0 aliphatic heterocycles. The van der Waals surface area contributed by atoms with Crippen LogP contribution in [0.4, 0.5) is 13.2 Å². The Labute approximate surface area is 116 Å². The van der Waals surface area contributed by atoms with Crippen LogP contribution in [0.5, 0.6) is 0 Å². The van der Waals surface area contributed by atoms with Crippen molar-refractivity contribution in [3.05, 3.63) is 18.0 Å². The molecule has 1 aliphatic carbocycles. The van der Waals surface area contributed by atoms with Gasteiger partial charge in [-0.25, -0.2) is 0 Å². The zero-order valence-corrected chi connectivity index (χ0v) is 11.8. The number of nitrogens with two attached hydrogens (primary N) is 1. The zero-order chi connectivity index (χ0) is 14.9. The lowest BCUT2D eigenvalue weighted by atomic mass is 9.98. The van der Waals surface area contributed by atoms with Crippen molar-refractivity contribution < 1.29 is 13.2 Å². The quantitative estimate of drug-likeness (QED) is 0.874. The van der Waals surface area contributed by atoms with E-state index in [9.17, 15) is 13.2 Å². The van der Waals surface area contributed by atoms with Crippen LogP contribution in [-0.2, 0) is 7.05 Å². The van der Waals surface area contributed by atoms with Gasteiger partial charge in [0.2, 0.25) is 0 Å². The molecule has 0 saturated heterocycles. The fourth-order valence-electron chi connectivity index (χ4n) is 2.57. The third kappa shape index (κ3) is 3.73. The molecule has 0 amide bonds.